The van der Waals surface area contributed by atoms with E-state index >= 15 is 0 Å². The maximum Gasteiger partial charge on any atom is 0.338 e. The van der Waals surface area contributed by atoms with Gasteiger partial charge in [-0.1, -0.05) is 36.1 Å². The Hall–Kier alpha value is -3.17. The molecule has 33 heavy (non-hydrogen) atoms. The van der Waals surface area contributed by atoms with Crippen LogP contribution in [0.25, 0.3) is 6.08 Å². The fourth-order valence-electron chi connectivity index (χ4n) is 3.10. The molecule has 2 amide bonds. The number of hydrogen-bond acceptors (Lipinski definition) is 7. The van der Waals surface area contributed by atoms with Crippen molar-refractivity contribution in [1.29, 1.82) is 0 Å². The van der Waals surface area contributed by atoms with Crippen LogP contribution in [0.5, 0.6) is 5.75 Å². The predicted molar refractivity (Wildman–Crippen MR) is 133 cm³/mol. The second-order valence-electron chi connectivity index (χ2n) is 7.06. The first kappa shape index (κ1) is 24.5. The second kappa shape index (κ2) is 11.6. The van der Waals surface area contributed by atoms with Crippen LogP contribution in [0.15, 0.2) is 53.4 Å². The van der Waals surface area contributed by atoms with Crippen molar-refractivity contribution in [3.05, 3.63) is 64.6 Å². The van der Waals surface area contributed by atoms with Crippen LogP contribution in [0, 0.1) is 0 Å². The van der Waals surface area contributed by atoms with Crippen LogP contribution < -0.4 is 10.1 Å². The lowest BCUT2D eigenvalue weighted by Gasteiger charge is -2.14. The number of thiocarbonyl (C=S) groups is 1. The third kappa shape index (κ3) is 6.66. The summed E-state index contributed by atoms with van der Waals surface area (Å²) in [7, 11) is 1.59. The molecule has 1 saturated heterocycles. The molecular weight excluding hydrogens is 460 g/mol. The molecule has 1 N–H and O–H groups in total. The van der Waals surface area contributed by atoms with Gasteiger partial charge in [0.2, 0.25) is 5.91 Å². The Labute approximate surface area is 202 Å². The topological polar surface area (TPSA) is 84.9 Å². The van der Waals surface area contributed by atoms with Gasteiger partial charge in [0.05, 0.1) is 24.2 Å². The number of thioether (sulfide) groups is 1. The molecule has 3 rings (SSSR count). The SMILES string of the molecule is CCOC(=O)c1ccc(NC(=O)CCCN2C(=O)C(=Cc3cccc(OC)c3)SC2=S)cc1. The molecule has 1 aliphatic rings. The second-order valence-corrected chi connectivity index (χ2v) is 8.74. The van der Waals surface area contributed by atoms with Crippen molar-refractivity contribution in [3.8, 4) is 5.75 Å². The zero-order chi connectivity index (χ0) is 23.8. The molecule has 0 aliphatic carbocycles. The molecule has 1 fully saturated rings. The molecule has 0 saturated carbocycles. The number of methoxy groups -OCH3 is 1. The first-order valence-electron chi connectivity index (χ1n) is 10.4. The summed E-state index contributed by atoms with van der Waals surface area (Å²) >= 11 is 6.61. The fraction of sp³-hybridized carbons (Fsp3) is 0.250. The minimum atomic E-state index is -0.403. The molecule has 0 bridgehead atoms. The number of anilines is 1. The van der Waals surface area contributed by atoms with Crippen LogP contribution in [0.1, 0.15) is 35.7 Å². The highest BCUT2D eigenvalue weighted by Gasteiger charge is 2.31. The van der Waals surface area contributed by atoms with Gasteiger partial charge in [0.15, 0.2) is 0 Å². The van der Waals surface area contributed by atoms with Crippen molar-refractivity contribution >= 4 is 57.8 Å². The summed E-state index contributed by atoms with van der Waals surface area (Å²) in [6.45, 7) is 2.40. The van der Waals surface area contributed by atoms with Gasteiger partial charge in [-0.2, -0.15) is 0 Å². The monoisotopic (exact) mass is 484 g/mol. The standard InChI is InChI=1S/C24H24N2O5S2/c1-3-31-23(29)17-9-11-18(12-10-17)25-21(27)8-5-13-26-22(28)20(33-24(26)32)15-16-6-4-7-19(14-16)30-2/h4,6-7,9-12,14-15H,3,5,8,13H2,1-2H3,(H,25,27). The van der Waals surface area contributed by atoms with Crippen molar-refractivity contribution in [2.75, 3.05) is 25.6 Å². The van der Waals surface area contributed by atoms with E-state index in [4.69, 9.17) is 21.7 Å². The number of carbonyl (C=O) groups is 3. The molecule has 1 aliphatic heterocycles. The highest BCUT2D eigenvalue weighted by molar-refractivity contribution is 8.26. The normalized spacial score (nSPS) is 14.5. The van der Waals surface area contributed by atoms with Gasteiger partial charge < -0.3 is 14.8 Å². The number of rotatable bonds is 9. The average Bonchev–Trinajstić information content (AvgIpc) is 3.07. The van der Waals surface area contributed by atoms with Crippen molar-refractivity contribution in [2.24, 2.45) is 0 Å². The lowest BCUT2D eigenvalue weighted by molar-refractivity contribution is -0.122. The minimum absolute atomic E-state index is 0.164. The van der Waals surface area contributed by atoms with E-state index in [1.54, 1.807) is 44.4 Å². The van der Waals surface area contributed by atoms with Gasteiger partial charge in [0.25, 0.3) is 5.91 Å². The first-order valence-corrected chi connectivity index (χ1v) is 11.6. The van der Waals surface area contributed by atoms with Gasteiger partial charge in [-0.3, -0.25) is 14.5 Å². The number of benzene rings is 2. The van der Waals surface area contributed by atoms with Crippen LogP contribution in [0.3, 0.4) is 0 Å². The van der Waals surface area contributed by atoms with Crippen molar-refractivity contribution in [1.82, 2.24) is 4.90 Å². The zero-order valence-electron chi connectivity index (χ0n) is 18.3. The number of nitrogens with one attached hydrogen (secondary N) is 1. The van der Waals surface area contributed by atoms with Crippen molar-refractivity contribution in [3.63, 3.8) is 0 Å². The highest BCUT2D eigenvalue weighted by atomic mass is 32.2. The Morgan fingerprint density at radius 1 is 1.18 bits per heavy atom. The minimum Gasteiger partial charge on any atom is -0.497 e. The third-order valence-electron chi connectivity index (χ3n) is 4.73. The van der Waals surface area contributed by atoms with E-state index in [2.05, 4.69) is 5.32 Å². The molecule has 172 valence electrons. The van der Waals surface area contributed by atoms with Crippen molar-refractivity contribution < 1.29 is 23.9 Å². The largest absolute Gasteiger partial charge is 0.497 e. The third-order valence-corrected chi connectivity index (χ3v) is 6.11. The maximum atomic E-state index is 12.8. The van der Waals surface area contributed by atoms with Gasteiger partial charge in [-0.15, -0.1) is 0 Å². The number of esters is 1. The van der Waals surface area contributed by atoms with Gasteiger partial charge in [-0.05, 0) is 61.4 Å². The number of nitrogens with zero attached hydrogens (tertiary/aromatic N) is 1. The van der Waals surface area contributed by atoms with E-state index < -0.39 is 5.97 Å². The summed E-state index contributed by atoms with van der Waals surface area (Å²) in [6.07, 6.45) is 2.48. The maximum absolute atomic E-state index is 12.8. The Kier molecular flexibility index (Phi) is 8.62. The summed E-state index contributed by atoms with van der Waals surface area (Å²) in [5, 5.41) is 2.78. The number of amides is 2. The van der Waals surface area contributed by atoms with Gasteiger partial charge >= 0.3 is 5.97 Å². The van der Waals surface area contributed by atoms with Crippen LogP contribution >= 0.6 is 24.0 Å². The molecule has 7 nitrogen and oxygen atoms in total. The summed E-state index contributed by atoms with van der Waals surface area (Å²) < 4.78 is 10.6. The van der Waals surface area contributed by atoms with Crippen molar-refractivity contribution in [2.45, 2.75) is 19.8 Å². The van der Waals surface area contributed by atoms with Gasteiger partial charge in [0.1, 0.15) is 10.1 Å². The van der Waals surface area contributed by atoms with Gasteiger partial charge in [0, 0.05) is 18.7 Å². The number of ether oxygens (including phenoxy) is 2. The molecule has 0 aromatic heterocycles. The molecule has 1 heterocycles. The van der Waals surface area contributed by atoms with E-state index in [-0.39, 0.29) is 18.2 Å². The smallest absolute Gasteiger partial charge is 0.338 e. The molecular formula is C24H24N2O5S2. The lowest BCUT2D eigenvalue weighted by atomic mass is 10.2. The molecule has 2 aromatic carbocycles. The van der Waals surface area contributed by atoms with Crippen LogP contribution in [0.2, 0.25) is 0 Å². The van der Waals surface area contributed by atoms with Gasteiger partial charge in [-0.25, -0.2) is 4.79 Å². The molecule has 9 heteroatoms. The van der Waals surface area contributed by atoms with E-state index in [1.165, 1.54) is 16.7 Å². The fourth-order valence-corrected chi connectivity index (χ4v) is 4.41. The zero-order valence-corrected chi connectivity index (χ0v) is 20.0. The summed E-state index contributed by atoms with van der Waals surface area (Å²) in [4.78, 5) is 38.8. The number of carbonyl (C=O) groups excluding carboxylic acids is 3. The Bertz CT molecular complexity index is 1080. The van der Waals surface area contributed by atoms with Crippen LogP contribution in [0.4, 0.5) is 5.69 Å². The summed E-state index contributed by atoms with van der Waals surface area (Å²) in [6, 6.07) is 13.9. The Balaban J connectivity index is 1.50. The molecule has 2 aromatic rings. The quantitative estimate of drug-likeness (QED) is 0.319. The Morgan fingerprint density at radius 3 is 2.64 bits per heavy atom. The van der Waals surface area contributed by atoms with E-state index in [9.17, 15) is 14.4 Å². The number of hydrogen-bond donors (Lipinski definition) is 1. The predicted octanol–water partition coefficient (Wildman–Crippen LogP) is 4.49. The summed E-state index contributed by atoms with van der Waals surface area (Å²) in [5.41, 5.74) is 1.86. The summed E-state index contributed by atoms with van der Waals surface area (Å²) in [5.74, 6) is -0.0425. The molecule has 0 radical (unpaired) electrons. The van der Waals surface area contributed by atoms with E-state index in [1.807, 2.05) is 24.3 Å². The molecule has 0 spiro atoms. The lowest BCUT2D eigenvalue weighted by Crippen LogP contribution is -2.29. The molecule has 0 unspecified atom stereocenters. The van der Waals surface area contributed by atoms with E-state index in [0.29, 0.717) is 45.8 Å². The first-order chi connectivity index (χ1) is 15.9. The average molecular weight is 485 g/mol. The van der Waals surface area contributed by atoms with Crippen LogP contribution in [-0.2, 0) is 14.3 Å². The Morgan fingerprint density at radius 2 is 1.94 bits per heavy atom. The highest BCUT2D eigenvalue weighted by Crippen LogP contribution is 2.33. The van der Waals surface area contributed by atoms with E-state index in [0.717, 1.165) is 5.56 Å². The van der Waals surface area contributed by atoms with Crippen LogP contribution in [-0.4, -0.2) is 47.3 Å². The molecule has 0 atom stereocenters.